The minimum absolute atomic E-state index is 0.0911. The summed E-state index contributed by atoms with van der Waals surface area (Å²) in [4.78, 5) is 30.6. The van der Waals surface area contributed by atoms with E-state index in [2.05, 4.69) is 26.2 Å². The Morgan fingerprint density at radius 2 is 1.69 bits per heavy atom. The SMILES string of the molecule is COc1ccc2ccccc2c1-c1c(C(=O)c2ccc(Br)cc2)[nH]c(N)c1C(=O)NC1CCCCC1. The Morgan fingerprint density at radius 3 is 2.42 bits per heavy atom. The molecule has 5 rings (SSSR count). The summed E-state index contributed by atoms with van der Waals surface area (Å²) in [6.07, 6.45) is 5.24. The summed E-state index contributed by atoms with van der Waals surface area (Å²) >= 11 is 3.42. The van der Waals surface area contributed by atoms with Crippen LogP contribution >= 0.6 is 15.9 Å². The van der Waals surface area contributed by atoms with Crippen molar-refractivity contribution < 1.29 is 14.3 Å². The maximum absolute atomic E-state index is 13.8. The number of methoxy groups -OCH3 is 1. The van der Waals surface area contributed by atoms with E-state index in [0.29, 0.717) is 22.4 Å². The van der Waals surface area contributed by atoms with Crippen LogP contribution in [-0.2, 0) is 0 Å². The molecule has 0 aliphatic heterocycles. The van der Waals surface area contributed by atoms with Gasteiger partial charge in [-0.3, -0.25) is 9.59 Å². The highest BCUT2D eigenvalue weighted by Crippen LogP contribution is 2.43. The lowest BCUT2D eigenvalue weighted by molar-refractivity contribution is 0.0929. The van der Waals surface area contributed by atoms with Crippen LogP contribution < -0.4 is 15.8 Å². The molecule has 4 N–H and O–H groups in total. The lowest BCUT2D eigenvalue weighted by atomic mass is 9.91. The predicted octanol–water partition coefficient (Wildman–Crippen LogP) is 6.48. The minimum atomic E-state index is -0.282. The van der Waals surface area contributed by atoms with Gasteiger partial charge in [0.25, 0.3) is 5.91 Å². The fraction of sp³-hybridized carbons (Fsp3) is 0.241. The van der Waals surface area contributed by atoms with E-state index in [9.17, 15) is 9.59 Å². The number of nitrogens with two attached hydrogens (primary N) is 1. The highest BCUT2D eigenvalue weighted by molar-refractivity contribution is 9.10. The van der Waals surface area contributed by atoms with E-state index in [0.717, 1.165) is 40.9 Å². The second-order valence-electron chi connectivity index (χ2n) is 9.17. The number of benzene rings is 3. The number of fused-ring (bicyclic) bond motifs is 1. The van der Waals surface area contributed by atoms with Crippen LogP contribution in [0.2, 0.25) is 0 Å². The summed E-state index contributed by atoms with van der Waals surface area (Å²) in [5.74, 6) is 0.185. The Labute approximate surface area is 218 Å². The van der Waals surface area contributed by atoms with Gasteiger partial charge in [-0.2, -0.15) is 0 Å². The lowest BCUT2D eigenvalue weighted by Gasteiger charge is -2.23. The van der Waals surface area contributed by atoms with Crippen LogP contribution in [0.15, 0.2) is 65.1 Å². The molecular weight excluding hydrogens is 518 g/mol. The van der Waals surface area contributed by atoms with E-state index < -0.39 is 0 Å². The number of carbonyl (C=O) groups is 2. The smallest absolute Gasteiger partial charge is 0.255 e. The van der Waals surface area contributed by atoms with Gasteiger partial charge < -0.3 is 20.8 Å². The topological polar surface area (TPSA) is 97.2 Å². The number of H-pyrrole nitrogens is 1. The van der Waals surface area contributed by atoms with Crippen LogP contribution in [0.25, 0.3) is 21.9 Å². The molecule has 1 aromatic heterocycles. The van der Waals surface area contributed by atoms with Crippen LogP contribution in [0.1, 0.15) is 58.5 Å². The molecule has 1 amide bonds. The average Bonchev–Trinajstić information content (AvgIpc) is 3.25. The van der Waals surface area contributed by atoms with E-state index in [1.54, 1.807) is 19.2 Å². The van der Waals surface area contributed by atoms with Gasteiger partial charge >= 0.3 is 0 Å². The number of aromatic nitrogens is 1. The molecule has 0 radical (unpaired) electrons. The van der Waals surface area contributed by atoms with Crippen molar-refractivity contribution in [1.82, 2.24) is 10.3 Å². The van der Waals surface area contributed by atoms with E-state index >= 15 is 0 Å². The summed E-state index contributed by atoms with van der Waals surface area (Å²) < 4.78 is 6.62. The van der Waals surface area contributed by atoms with E-state index in [-0.39, 0.29) is 34.8 Å². The second-order valence-corrected chi connectivity index (χ2v) is 10.1. The normalized spacial score (nSPS) is 14.1. The van der Waals surface area contributed by atoms with Crippen LogP contribution in [0.5, 0.6) is 5.75 Å². The van der Waals surface area contributed by atoms with E-state index in [1.165, 1.54) is 6.42 Å². The first kappa shape index (κ1) is 24.1. The highest BCUT2D eigenvalue weighted by atomic mass is 79.9. The molecule has 0 unspecified atom stereocenters. The second kappa shape index (κ2) is 10.2. The van der Waals surface area contributed by atoms with Crippen molar-refractivity contribution in [3.05, 3.63) is 82.0 Å². The third kappa shape index (κ3) is 4.51. The molecule has 3 aromatic carbocycles. The number of nitrogen functional groups attached to an aromatic ring is 1. The largest absolute Gasteiger partial charge is 0.496 e. The molecule has 1 aliphatic carbocycles. The molecule has 0 bridgehead atoms. The van der Waals surface area contributed by atoms with Gasteiger partial charge in [-0.05, 0) is 53.9 Å². The fourth-order valence-electron chi connectivity index (χ4n) is 5.11. The van der Waals surface area contributed by atoms with Crippen molar-refractivity contribution in [3.63, 3.8) is 0 Å². The van der Waals surface area contributed by atoms with Crippen LogP contribution in [0, 0.1) is 0 Å². The molecule has 184 valence electrons. The zero-order valence-corrected chi connectivity index (χ0v) is 21.7. The van der Waals surface area contributed by atoms with Crippen LogP contribution in [-0.4, -0.2) is 29.8 Å². The molecule has 0 spiro atoms. The summed E-state index contributed by atoms with van der Waals surface area (Å²) in [7, 11) is 1.58. The van der Waals surface area contributed by atoms with Gasteiger partial charge in [0, 0.05) is 27.2 Å². The number of rotatable bonds is 6. The molecule has 36 heavy (non-hydrogen) atoms. The Bertz CT molecular complexity index is 1440. The van der Waals surface area contributed by atoms with Crippen molar-refractivity contribution in [1.29, 1.82) is 0 Å². The third-order valence-electron chi connectivity index (χ3n) is 6.89. The van der Waals surface area contributed by atoms with Gasteiger partial charge in [0.15, 0.2) is 0 Å². The quantitative estimate of drug-likeness (QED) is 0.241. The zero-order chi connectivity index (χ0) is 25.2. The third-order valence-corrected chi connectivity index (χ3v) is 7.42. The highest BCUT2D eigenvalue weighted by Gasteiger charge is 2.31. The van der Waals surface area contributed by atoms with Crippen molar-refractivity contribution in [3.8, 4) is 16.9 Å². The van der Waals surface area contributed by atoms with Crippen molar-refractivity contribution in [2.45, 2.75) is 38.1 Å². The van der Waals surface area contributed by atoms with Crippen molar-refractivity contribution >= 4 is 44.2 Å². The summed E-state index contributed by atoms with van der Waals surface area (Å²) in [6.45, 7) is 0. The summed E-state index contributed by atoms with van der Waals surface area (Å²) in [5, 5.41) is 5.01. The number of nitrogens with one attached hydrogen (secondary N) is 2. The molecule has 1 heterocycles. The Morgan fingerprint density at radius 1 is 0.972 bits per heavy atom. The number of carbonyl (C=O) groups excluding carboxylic acids is 2. The maximum Gasteiger partial charge on any atom is 0.255 e. The Balaban J connectivity index is 1.73. The first-order chi connectivity index (χ1) is 17.5. The number of hydrogen-bond acceptors (Lipinski definition) is 4. The van der Waals surface area contributed by atoms with Crippen LogP contribution in [0.4, 0.5) is 5.82 Å². The first-order valence-corrected chi connectivity index (χ1v) is 13.0. The molecule has 0 atom stereocenters. The molecule has 0 saturated heterocycles. The van der Waals surface area contributed by atoms with Gasteiger partial charge in [-0.1, -0.05) is 65.5 Å². The van der Waals surface area contributed by atoms with Crippen molar-refractivity contribution in [2.24, 2.45) is 0 Å². The van der Waals surface area contributed by atoms with E-state index in [1.807, 2.05) is 48.5 Å². The maximum atomic E-state index is 13.8. The standard InChI is InChI=1S/C29H28BrN3O3/c1-36-22-16-13-17-7-5-6-10-21(17)23(22)24-25(29(35)32-20-8-3-2-4-9-20)28(31)33-26(24)27(34)18-11-14-19(30)15-12-18/h5-7,10-16,20,33H,2-4,8-9,31H2,1H3,(H,32,35). The van der Waals surface area contributed by atoms with Crippen LogP contribution in [0.3, 0.4) is 0 Å². The minimum Gasteiger partial charge on any atom is -0.496 e. The number of ether oxygens (including phenoxy) is 1. The average molecular weight is 546 g/mol. The summed E-state index contributed by atoms with van der Waals surface area (Å²) in [6, 6.07) is 18.9. The molecular formula is C29H28BrN3O3. The molecule has 1 fully saturated rings. The van der Waals surface area contributed by atoms with Gasteiger partial charge in [0.05, 0.1) is 18.4 Å². The van der Waals surface area contributed by atoms with Gasteiger partial charge in [0.2, 0.25) is 5.78 Å². The van der Waals surface area contributed by atoms with E-state index in [4.69, 9.17) is 10.5 Å². The van der Waals surface area contributed by atoms with Gasteiger partial charge in [-0.25, -0.2) is 0 Å². The number of ketones is 1. The van der Waals surface area contributed by atoms with Crippen molar-refractivity contribution in [2.75, 3.05) is 12.8 Å². The molecule has 4 aromatic rings. The number of hydrogen-bond donors (Lipinski definition) is 3. The summed E-state index contributed by atoms with van der Waals surface area (Å²) in [5.41, 5.74) is 8.59. The number of amides is 1. The molecule has 6 nitrogen and oxygen atoms in total. The predicted molar refractivity (Wildman–Crippen MR) is 147 cm³/mol. The number of halogens is 1. The monoisotopic (exact) mass is 545 g/mol. The Kier molecular flexibility index (Phi) is 6.83. The van der Waals surface area contributed by atoms with Gasteiger partial charge in [0.1, 0.15) is 11.6 Å². The Hall–Kier alpha value is -3.58. The number of aromatic amines is 1. The van der Waals surface area contributed by atoms with Gasteiger partial charge in [-0.15, -0.1) is 0 Å². The first-order valence-electron chi connectivity index (χ1n) is 12.2. The zero-order valence-electron chi connectivity index (χ0n) is 20.1. The number of anilines is 1. The lowest BCUT2D eigenvalue weighted by Crippen LogP contribution is -2.36. The fourth-order valence-corrected chi connectivity index (χ4v) is 5.37. The molecule has 1 saturated carbocycles. The molecule has 1 aliphatic rings. The molecule has 7 heteroatoms.